The number of carbonyl (C=O) groups is 2. The highest BCUT2D eigenvalue weighted by Gasteiger charge is 2.40. The number of carboxylic acids is 1. The van der Waals surface area contributed by atoms with Crippen LogP contribution >= 0.6 is 0 Å². The third-order valence-corrected chi connectivity index (χ3v) is 5.50. The molecule has 0 saturated carbocycles. The molecule has 1 saturated heterocycles. The van der Waals surface area contributed by atoms with Crippen LogP contribution in [0.3, 0.4) is 0 Å². The van der Waals surface area contributed by atoms with Crippen LogP contribution in [0.25, 0.3) is 5.69 Å². The number of amides is 1. The van der Waals surface area contributed by atoms with Crippen LogP contribution in [0.4, 0.5) is 0 Å². The number of hydrogen-bond acceptors (Lipinski definition) is 3. The van der Waals surface area contributed by atoms with Crippen LogP contribution < -0.4 is 0 Å². The van der Waals surface area contributed by atoms with Crippen molar-refractivity contribution in [3.05, 3.63) is 84.2 Å². The van der Waals surface area contributed by atoms with Crippen molar-refractivity contribution in [1.82, 2.24) is 14.7 Å². The number of likely N-dealkylation sites (tertiary alicyclic amines) is 1. The van der Waals surface area contributed by atoms with E-state index < -0.39 is 11.9 Å². The van der Waals surface area contributed by atoms with E-state index in [0.717, 1.165) is 16.8 Å². The first-order valence-electron chi connectivity index (χ1n) is 9.76. The first kappa shape index (κ1) is 18.9. The van der Waals surface area contributed by atoms with E-state index >= 15 is 0 Å². The summed E-state index contributed by atoms with van der Waals surface area (Å²) in [6.45, 7) is 0.708. The molecule has 0 aliphatic carbocycles. The number of hydrogen-bond donors (Lipinski definition) is 1. The van der Waals surface area contributed by atoms with Crippen molar-refractivity contribution in [1.29, 1.82) is 0 Å². The molecule has 1 amide bonds. The molecule has 0 spiro atoms. The van der Waals surface area contributed by atoms with Gasteiger partial charge in [-0.2, -0.15) is 5.10 Å². The normalized spacial score (nSPS) is 18.7. The number of rotatable bonds is 6. The highest BCUT2D eigenvalue weighted by Crippen LogP contribution is 2.33. The van der Waals surface area contributed by atoms with E-state index in [-0.39, 0.29) is 18.4 Å². The average Bonchev–Trinajstić information content (AvgIpc) is 3.41. The molecule has 4 rings (SSSR count). The van der Waals surface area contributed by atoms with E-state index in [9.17, 15) is 14.7 Å². The quantitative estimate of drug-likeness (QED) is 0.703. The largest absolute Gasteiger partial charge is 0.481 e. The summed E-state index contributed by atoms with van der Waals surface area (Å²) in [7, 11) is 0. The molecular formula is C23H23N3O3. The number of aromatic nitrogens is 2. The second kappa shape index (κ2) is 8.31. The summed E-state index contributed by atoms with van der Waals surface area (Å²) in [5, 5.41) is 14.0. The molecule has 6 heteroatoms. The second-order valence-electron chi connectivity index (χ2n) is 7.39. The minimum Gasteiger partial charge on any atom is -0.481 e. The lowest BCUT2D eigenvalue weighted by atomic mass is 9.89. The monoisotopic (exact) mass is 389 g/mol. The molecule has 29 heavy (non-hydrogen) atoms. The molecule has 2 atom stereocenters. The van der Waals surface area contributed by atoms with Crippen LogP contribution in [0.2, 0.25) is 0 Å². The van der Waals surface area contributed by atoms with Crippen molar-refractivity contribution in [3.8, 4) is 5.69 Å². The van der Waals surface area contributed by atoms with Crippen LogP contribution in [-0.4, -0.2) is 44.8 Å². The molecule has 3 aromatic rings. The number of aliphatic carboxylic acids is 1. The zero-order chi connectivity index (χ0) is 20.2. The van der Waals surface area contributed by atoms with Crippen molar-refractivity contribution in [3.63, 3.8) is 0 Å². The summed E-state index contributed by atoms with van der Waals surface area (Å²) < 4.78 is 1.79. The topological polar surface area (TPSA) is 75.4 Å². The van der Waals surface area contributed by atoms with Gasteiger partial charge in [0.2, 0.25) is 5.91 Å². The van der Waals surface area contributed by atoms with E-state index in [4.69, 9.17) is 0 Å². The predicted molar refractivity (Wildman–Crippen MR) is 109 cm³/mol. The maximum absolute atomic E-state index is 12.7. The molecule has 1 fully saturated rings. The first-order chi connectivity index (χ1) is 14.1. The van der Waals surface area contributed by atoms with Gasteiger partial charge in [-0.3, -0.25) is 9.59 Å². The Bertz CT molecular complexity index is 985. The van der Waals surface area contributed by atoms with E-state index in [1.54, 1.807) is 15.8 Å². The van der Waals surface area contributed by atoms with Crippen LogP contribution in [0.1, 0.15) is 23.5 Å². The zero-order valence-corrected chi connectivity index (χ0v) is 16.0. The first-order valence-corrected chi connectivity index (χ1v) is 9.76. The van der Waals surface area contributed by atoms with Gasteiger partial charge in [0.1, 0.15) is 0 Å². The van der Waals surface area contributed by atoms with E-state index in [1.807, 2.05) is 66.9 Å². The number of benzene rings is 2. The lowest BCUT2D eigenvalue weighted by Gasteiger charge is -2.16. The number of para-hydroxylation sites is 1. The minimum atomic E-state index is -0.849. The Morgan fingerprint density at radius 1 is 1.00 bits per heavy atom. The number of aryl methyl sites for hydroxylation is 1. The fourth-order valence-electron chi connectivity index (χ4n) is 3.92. The summed E-state index contributed by atoms with van der Waals surface area (Å²) >= 11 is 0. The molecule has 148 valence electrons. The van der Waals surface area contributed by atoms with Gasteiger partial charge in [-0.1, -0.05) is 48.5 Å². The smallest absolute Gasteiger partial charge is 0.308 e. The SMILES string of the molecule is O=C(O)C1CN(C(=O)CCc2cnn(-c3ccccc3)c2)CC1c1ccccc1. The Kier molecular flexibility index (Phi) is 5.42. The lowest BCUT2D eigenvalue weighted by Crippen LogP contribution is -2.30. The molecule has 2 unspecified atom stereocenters. The standard InChI is InChI=1S/C23H23N3O3/c27-22(12-11-17-13-24-26(14-17)19-9-5-2-6-10-19)25-15-20(21(16-25)23(28)29)18-7-3-1-4-8-18/h1-10,13-14,20-21H,11-12,15-16H2,(H,28,29). The maximum atomic E-state index is 12.7. The van der Waals surface area contributed by atoms with Gasteiger partial charge in [-0.15, -0.1) is 0 Å². The number of carboxylic acid groups (broad SMARTS) is 1. The van der Waals surface area contributed by atoms with E-state index in [0.29, 0.717) is 19.4 Å². The molecule has 2 aromatic carbocycles. The highest BCUT2D eigenvalue weighted by molar-refractivity contribution is 5.79. The van der Waals surface area contributed by atoms with E-state index in [1.165, 1.54) is 0 Å². The third-order valence-electron chi connectivity index (χ3n) is 5.50. The van der Waals surface area contributed by atoms with Gasteiger partial charge in [-0.05, 0) is 29.7 Å². The van der Waals surface area contributed by atoms with Crippen LogP contribution in [-0.2, 0) is 16.0 Å². The Labute approximate surface area is 169 Å². The van der Waals surface area contributed by atoms with Gasteiger partial charge in [0.15, 0.2) is 0 Å². The van der Waals surface area contributed by atoms with Crippen molar-refractivity contribution in [2.75, 3.05) is 13.1 Å². The molecular weight excluding hydrogens is 366 g/mol. The van der Waals surface area contributed by atoms with Gasteiger partial charge in [0.25, 0.3) is 0 Å². The average molecular weight is 389 g/mol. The highest BCUT2D eigenvalue weighted by atomic mass is 16.4. The van der Waals surface area contributed by atoms with Gasteiger partial charge in [-0.25, -0.2) is 4.68 Å². The third kappa shape index (κ3) is 4.21. The fraction of sp³-hybridized carbons (Fsp3) is 0.261. The van der Waals surface area contributed by atoms with Crippen LogP contribution in [0, 0.1) is 5.92 Å². The summed E-state index contributed by atoms with van der Waals surface area (Å²) in [4.78, 5) is 26.2. The summed E-state index contributed by atoms with van der Waals surface area (Å²) in [6, 6.07) is 19.4. The Balaban J connectivity index is 1.39. The van der Waals surface area contributed by atoms with Gasteiger partial charge in [0, 0.05) is 31.6 Å². The summed E-state index contributed by atoms with van der Waals surface area (Å²) in [6.07, 6.45) is 4.63. The Morgan fingerprint density at radius 3 is 2.38 bits per heavy atom. The molecule has 1 aliphatic rings. The van der Waals surface area contributed by atoms with Crippen molar-refractivity contribution in [2.24, 2.45) is 5.92 Å². The Morgan fingerprint density at radius 2 is 1.69 bits per heavy atom. The molecule has 1 N–H and O–H groups in total. The van der Waals surface area contributed by atoms with Gasteiger partial charge >= 0.3 is 5.97 Å². The molecule has 0 radical (unpaired) electrons. The molecule has 0 bridgehead atoms. The molecule has 2 heterocycles. The van der Waals surface area contributed by atoms with Crippen molar-refractivity contribution < 1.29 is 14.7 Å². The zero-order valence-electron chi connectivity index (χ0n) is 16.0. The Hall–Kier alpha value is -3.41. The lowest BCUT2D eigenvalue weighted by molar-refractivity contribution is -0.141. The van der Waals surface area contributed by atoms with Crippen LogP contribution in [0.5, 0.6) is 0 Å². The molecule has 6 nitrogen and oxygen atoms in total. The predicted octanol–water partition coefficient (Wildman–Crippen LogP) is 3.13. The summed E-state index contributed by atoms with van der Waals surface area (Å²) in [5.41, 5.74) is 2.93. The minimum absolute atomic E-state index is 0.0119. The van der Waals surface area contributed by atoms with E-state index in [2.05, 4.69) is 5.10 Å². The van der Waals surface area contributed by atoms with Gasteiger partial charge < -0.3 is 10.0 Å². The number of nitrogens with zero attached hydrogens (tertiary/aromatic N) is 3. The van der Waals surface area contributed by atoms with Crippen molar-refractivity contribution in [2.45, 2.75) is 18.8 Å². The molecule has 1 aliphatic heterocycles. The summed E-state index contributed by atoms with van der Waals surface area (Å²) in [5.74, 6) is -1.60. The van der Waals surface area contributed by atoms with Crippen LogP contribution in [0.15, 0.2) is 73.1 Å². The number of carbonyl (C=O) groups excluding carboxylic acids is 1. The fourth-order valence-corrected chi connectivity index (χ4v) is 3.92. The maximum Gasteiger partial charge on any atom is 0.308 e. The van der Waals surface area contributed by atoms with Crippen molar-refractivity contribution >= 4 is 11.9 Å². The van der Waals surface area contributed by atoms with Gasteiger partial charge in [0.05, 0.1) is 17.8 Å². The molecule has 1 aromatic heterocycles. The second-order valence-corrected chi connectivity index (χ2v) is 7.39.